The molecular formula is C28H31N3O3. The number of furan rings is 1. The molecule has 0 radical (unpaired) electrons. The van der Waals surface area contributed by atoms with Gasteiger partial charge in [0.05, 0.1) is 24.5 Å². The molecular weight excluding hydrogens is 426 g/mol. The van der Waals surface area contributed by atoms with Crippen molar-refractivity contribution in [3.8, 4) is 22.9 Å². The number of nitrogens with zero attached hydrogens (tertiary/aromatic N) is 3. The smallest absolute Gasteiger partial charge is 0.222 e. The summed E-state index contributed by atoms with van der Waals surface area (Å²) in [7, 11) is 1.89. The molecule has 0 amide bonds. The summed E-state index contributed by atoms with van der Waals surface area (Å²) in [4.78, 5) is 2.17. The third kappa shape index (κ3) is 6.04. The maximum Gasteiger partial charge on any atom is 0.222 e. The van der Waals surface area contributed by atoms with Crippen LogP contribution in [0.3, 0.4) is 0 Å². The van der Waals surface area contributed by atoms with Gasteiger partial charge in [-0.25, -0.2) is 4.68 Å². The zero-order valence-corrected chi connectivity index (χ0v) is 19.5. The van der Waals surface area contributed by atoms with Crippen molar-refractivity contribution in [1.29, 1.82) is 0 Å². The maximum absolute atomic E-state index is 10.7. The Morgan fingerprint density at radius 3 is 2.47 bits per heavy atom. The van der Waals surface area contributed by atoms with Gasteiger partial charge in [0, 0.05) is 25.7 Å². The molecule has 176 valence electrons. The molecule has 0 saturated heterocycles. The van der Waals surface area contributed by atoms with E-state index in [0.717, 1.165) is 34.8 Å². The van der Waals surface area contributed by atoms with Crippen LogP contribution in [0.25, 0.3) is 11.3 Å². The number of aliphatic hydroxyl groups is 1. The van der Waals surface area contributed by atoms with Gasteiger partial charge in [0.1, 0.15) is 17.2 Å². The molecule has 1 N–H and O–H groups in total. The van der Waals surface area contributed by atoms with Crippen molar-refractivity contribution in [2.45, 2.75) is 32.0 Å². The van der Waals surface area contributed by atoms with Gasteiger partial charge in [0.15, 0.2) is 0 Å². The highest BCUT2D eigenvalue weighted by molar-refractivity contribution is 5.65. The van der Waals surface area contributed by atoms with E-state index in [1.807, 2.05) is 85.9 Å². The van der Waals surface area contributed by atoms with Crippen LogP contribution >= 0.6 is 0 Å². The van der Waals surface area contributed by atoms with Crippen LogP contribution < -0.4 is 4.74 Å². The topological polar surface area (TPSA) is 63.7 Å². The van der Waals surface area contributed by atoms with Crippen molar-refractivity contribution in [3.05, 3.63) is 103 Å². The maximum atomic E-state index is 10.7. The van der Waals surface area contributed by atoms with Crippen molar-refractivity contribution in [1.82, 2.24) is 14.7 Å². The molecule has 0 aliphatic carbocycles. The first-order valence-electron chi connectivity index (χ1n) is 11.5. The van der Waals surface area contributed by atoms with Crippen LogP contribution in [-0.2, 0) is 20.1 Å². The zero-order valence-electron chi connectivity index (χ0n) is 19.5. The number of aliphatic hydroxyl groups excluding tert-OH is 1. The number of rotatable bonds is 12. The molecule has 0 fully saturated rings. The van der Waals surface area contributed by atoms with Gasteiger partial charge in [-0.2, -0.15) is 5.10 Å². The molecule has 2 aromatic heterocycles. The van der Waals surface area contributed by atoms with E-state index in [1.165, 1.54) is 0 Å². The Labute approximate surface area is 200 Å². The lowest BCUT2D eigenvalue weighted by molar-refractivity contribution is 0.0941. The molecule has 6 nitrogen and oxygen atoms in total. The van der Waals surface area contributed by atoms with E-state index in [1.54, 1.807) is 10.9 Å². The van der Waals surface area contributed by atoms with Gasteiger partial charge >= 0.3 is 0 Å². The molecule has 34 heavy (non-hydrogen) atoms. The average Bonchev–Trinajstić information content (AvgIpc) is 3.47. The standard InChI is InChI=1S/C28H31N3O3/c1-3-4-14-23(32)19-31(20-25-17-11-18-33-25)21-26-27(22-12-7-5-8-13-22)29-30(2)28(26)34-24-15-9-6-10-16-24/h3,5-13,15-18,23,32H,1,4,14,19-21H2,2H3/t23-/m1/s1. The second-order valence-electron chi connectivity index (χ2n) is 8.31. The fraction of sp³-hybridized carbons (Fsp3) is 0.250. The SMILES string of the molecule is C=CCC[C@@H](O)CN(Cc1ccco1)Cc1c(-c2ccccc2)nn(C)c1Oc1ccccc1. The molecule has 0 saturated carbocycles. The number of hydrogen-bond acceptors (Lipinski definition) is 5. The number of benzene rings is 2. The Morgan fingerprint density at radius 1 is 1.06 bits per heavy atom. The van der Waals surface area contributed by atoms with Crippen LogP contribution in [0, 0.1) is 0 Å². The average molecular weight is 458 g/mol. The van der Waals surface area contributed by atoms with E-state index in [4.69, 9.17) is 14.3 Å². The molecule has 2 heterocycles. The molecule has 0 spiro atoms. The molecule has 0 unspecified atom stereocenters. The third-order valence-electron chi connectivity index (χ3n) is 5.61. The molecule has 6 heteroatoms. The Hall–Kier alpha value is -3.61. The van der Waals surface area contributed by atoms with Crippen LogP contribution in [0.5, 0.6) is 11.6 Å². The van der Waals surface area contributed by atoms with Gasteiger partial charge < -0.3 is 14.3 Å². The number of aryl methyl sites for hydroxylation is 1. The first-order chi connectivity index (χ1) is 16.6. The van der Waals surface area contributed by atoms with Gasteiger partial charge in [-0.15, -0.1) is 6.58 Å². The van der Waals surface area contributed by atoms with Crippen molar-refractivity contribution >= 4 is 0 Å². The fourth-order valence-corrected chi connectivity index (χ4v) is 3.98. The minimum absolute atomic E-state index is 0.483. The van der Waals surface area contributed by atoms with Gasteiger partial charge in [-0.3, -0.25) is 4.90 Å². The van der Waals surface area contributed by atoms with E-state index >= 15 is 0 Å². The molecule has 0 bridgehead atoms. The summed E-state index contributed by atoms with van der Waals surface area (Å²) >= 11 is 0. The van der Waals surface area contributed by atoms with Gasteiger partial charge in [0.25, 0.3) is 0 Å². The molecule has 1 atom stereocenters. The highest BCUT2D eigenvalue weighted by Gasteiger charge is 2.24. The number of para-hydroxylation sites is 1. The summed E-state index contributed by atoms with van der Waals surface area (Å²) in [6.07, 6.45) is 4.44. The molecule has 2 aromatic carbocycles. The predicted molar refractivity (Wildman–Crippen MR) is 133 cm³/mol. The summed E-state index contributed by atoms with van der Waals surface area (Å²) in [5, 5.41) is 15.5. The quantitative estimate of drug-likeness (QED) is 0.272. The third-order valence-corrected chi connectivity index (χ3v) is 5.61. The van der Waals surface area contributed by atoms with Gasteiger partial charge in [-0.05, 0) is 37.1 Å². The van der Waals surface area contributed by atoms with Gasteiger partial charge in [0.2, 0.25) is 5.88 Å². The number of aromatic nitrogens is 2. The summed E-state index contributed by atoms with van der Waals surface area (Å²) in [5.74, 6) is 2.26. The first-order valence-corrected chi connectivity index (χ1v) is 11.5. The van der Waals surface area contributed by atoms with E-state index in [0.29, 0.717) is 31.9 Å². The molecule has 4 rings (SSSR count). The van der Waals surface area contributed by atoms with E-state index in [2.05, 4.69) is 11.5 Å². The molecule has 0 aliphatic heterocycles. The molecule has 4 aromatic rings. The lowest BCUT2D eigenvalue weighted by atomic mass is 10.1. The summed E-state index contributed by atoms with van der Waals surface area (Å²) in [6.45, 7) is 5.36. The second-order valence-corrected chi connectivity index (χ2v) is 8.31. The van der Waals surface area contributed by atoms with Crippen LogP contribution in [0.15, 0.2) is 96.1 Å². The monoisotopic (exact) mass is 457 g/mol. The Morgan fingerprint density at radius 2 is 1.79 bits per heavy atom. The van der Waals surface area contributed by atoms with Crippen molar-refractivity contribution < 1.29 is 14.3 Å². The summed E-state index contributed by atoms with van der Waals surface area (Å²) in [5.41, 5.74) is 2.83. The molecule has 0 aliphatic rings. The minimum atomic E-state index is -0.483. The van der Waals surface area contributed by atoms with Gasteiger partial charge in [-0.1, -0.05) is 54.6 Å². The number of ether oxygens (including phenoxy) is 1. The lowest BCUT2D eigenvalue weighted by Crippen LogP contribution is -2.31. The Bertz CT molecular complexity index is 1150. The van der Waals surface area contributed by atoms with Crippen molar-refractivity contribution in [2.75, 3.05) is 6.54 Å². The van der Waals surface area contributed by atoms with Crippen molar-refractivity contribution in [3.63, 3.8) is 0 Å². The highest BCUT2D eigenvalue weighted by atomic mass is 16.5. The van der Waals surface area contributed by atoms with E-state index in [-0.39, 0.29) is 0 Å². The van der Waals surface area contributed by atoms with Crippen molar-refractivity contribution in [2.24, 2.45) is 7.05 Å². The van der Waals surface area contributed by atoms with Crippen LogP contribution in [0.4, 0.5) is 0 Å². The Kier molecular flexibility index (Phi) is 7.96. The largest absolute Gasteiger partial charge is 0.468 e. The highest BCUT2D eigenvalue weighted by Crippen LogP contribution is 2.34. The zero-order chi connectivity index (χ0) is 23.8. The second kappa shape index (κ2) is 11.5. The van der Waals surface area contributed by atoms with Crippen LogP contribution in [0.2, 0.25) is 0 Å². The van der Waals surface area contributed by atoms with Crippen LogP contribution in [-0.4, -0.2) is 32.4 Å². The summed E-state index contributed by atoms with van der Waals surface area (Å²) in [6, 6.07) is 23.6. The lowest BCUT2D eigenvalue weighted by Gasteiger charge is -2.24. The fourth-order valence-electron chi connectivity index (χ4n) is 3.98. The Balaban J connectivity index is 1.70. The van der Waals surface area contributed by atoms with E-state index < -0.39 is 6.10 Å². The number of hydrogen-bond donors (Lipinski definition) is 1. The van der Waals surface area contributed by atoms with Crippen LogP contribution in [0.1, 0.15) is 24.2 Å². The van der Waals surface area contributed by atoms with E-state index in [9.17, 15) is 5.11 Å². The normalized spacial score (nSPS) is 12.1. The number of allylic oxidation sites excluding steroid dienone is 1. The summed E-state index contributed by atoms with van der Waals surface area (Å²) < 4.78 is 13.7. The minimum Gasteiger partial charge on any atom is -0.468 e. The predicted octanol–water partition coefficient (Wildman–Crippen LogP) is 5.80. The first kappa shape index (κ1) is 23.5.